The van der Waals surface area contributed by atoms with Gasteiger partial charge in [0.2, 0.25) is 0 Å². The number of anilines is 1. The van der Waals surface area contributed by atoms with E-state index >= 15 is 0 Å². The number of nitrogens with one attached hydrogen (secondary N) is 2. The second-order valence-corrected chi connectivity index (χ2v) is 7.26. The fourth-order valence-corrected chi connectivity index (χ4v) is 3.21. The van der Waals surface area contributed by atoms with E-state index in [1.54, 1.807) is 42.5 Å². The maximum atomic E-state index is 12.1. The molecular formula is C17H18N2O4S. The Labute approximate surface area is 140 Å². The number of carbonyl (C=O) groups is 2. The summed E-state index contributed by atoms with van der Waals surface area (Å²) in [6, 6.07) is 14.0. The average Bonchev–Trinajstić information content (AvgIpc) is 2.55. The van der Waals surface area contributed by atoms with Crippen LogP contribution < -0.4 is 10.6 Å². The van der Waals surface area contributed by atoms with Crippen molar-refractivity contribution in [2.45, 2.75) is 11.8 Å². The molecule has 0 bridgehead atoms. The number of rotatable bonds is 6. The third-order valence-corrected chi connectivity index (χ3v) is 5.02. The Hall–Kier alpha value is -2.67. The van der Waals surface area contributed by atoms with E-state index in [4.69, 9.17) is 0 Å². The summed E-state index contributed by atoms with van der Waals surface area (Å²) < 4.78 is 24.2. The highest BCUT2D eigenvalue weighted by molar-refractivity contribution is 7.91. The molecule has 0 radical (unpaired) electrons. The smallest absolute Gasteiger partial charge is 0.319 e. The number of benzene rings is 2. The van der Waals surface area contributed by atoms with E-state index in [1.807, 2.05) is 0 Å². The summed E-state index contributed by atoms with van der Waals surface area (Å²) in [4.78, 5) is 23.3. The fraction of sp³-hybridized carbons (Fsp3) is 0.176. The zero-order valence-corrected chi connectivity index (χ0v) is 14.0. The summed E-state index contributed by atoms with van der Waals surface area (Å²) in [5.41, 5.74) is 0.950. The molecule has 0 atom stereocenters. The third kappa shape index (κ3) is 4.92. The maximum Gasteiger partial charge on any atom is 0.319 e. The first kappa shape index (κ1) is 17.7. The normalized spacial score (nSPS) is 10.9. The van der Waals surface area contributed by atoms with Gasteiger partial charge in [-0.1, -0.05) is 30.3 Å². The number of ketones is 1. The first-order valence-electron chi connectivity index (χ1n) is 7.32. The standard InChI is InChI=1S/C17H18N2O4S/c1-13(20)14-6-5-7-15(12-14)19-17(21)18-10-11-24(22,23)16-8-3-2-4-9-16/h2-9,12H,10-11H2,1H3,(H2,18,19,21). The summed E-state index contributed by atoms with van der Waals surface area (Å²) in [5, 5.41) is 5.06. The van der Waals surface area contributed by atoms with E-state index in [0.29, 0.717) is 11.3 Å². The topological polar surface area (TPSA) is 92.3 Å². The van der Waals surface area contributed by atoms with Crippen LogP contribution in [0.1, 0.15) is 17.3 Å². The molecule has 0 aliphatic heterocycles. The van der Waals surface area contributed by atoms with E-state index in [1.165, 1.54) is 19.1 Å². The van der Waals surface area contributed by atoms with Crippen molar-refractivity contribution in [1.82, 2.24) is 5.32 Å². The van der Waals surface area contributed by atoms with Gasteiger partial charge in [-0.25, -0.2) is 13.2 Å². The number of hydrogen-bond acceptors (Lipinski definition) is 4. The van der Waals surface area contributed by atoms with Crippen molar-refractivity contribution in [3.63, 3.8) is 0 Å². The molecule has 126 valence electrons. The van der Waals surface area contributed by atoms with Gasteiger partial charge in [-0.3, -0.25) is 4.79 Å². The predicted molar refractivity (Wildman–Crippen MR) is 92.0 cm³/mol. The van der Waals surface area contributed by atoms with Gasteiger partial charge in [0.05, 0.1) is 10.6 Å². The van der Waals surface area contributed by atoms with Crippen LogP contribution in [-0.4, -0.2) is 32.5 Å². The van der Waals surface area contributed by atoms with Gasteiger partial charge in [0.25, 0.3) is 0 Å². The van der Waals surface area contributed by atoms with Crippen LogP contribution in [0, 0.1) is 0 Å². The molecule has 0 spiro atoms. The summed E-state index contributed by atoms with van der Waals surface area (Å²) in [6.45, 7) is 1.42. The molecule has 2 aromatic carbocycles. The van der Waals surface area contributed by atoms with Crippen molar-refractivity contribution < 1.29 is 18.0 Å². The lowest BCUT2D eigenvalue weighted by molar-refractivity contribution is 0.101. The number of Topliss-reactive ketones (excluding diaryl/α,β-unsaturated/α-hetero) is 1. The van der Waals surface area contributed by atoms with Crippen molar-refractivity contribution in [2.24, 2.45) is 0 Å². The van der Waals surface area contributed by atoms with Gasteiger partial charge in [0.1, 0.15) is 0 Å². The van der Waals surface area contributed by atoms with Gasteiger partial charge in [-0.05, 0) is 31.2 Å². The molecule has 0 unspecified atom stereocenters. The Morgan fingerprint density at radius 1 is 1.00 bits per heavy atom. The molecule has 7 heteroatoms. The highest BCUT2D eigenvalue weighted by Crippen LogP contribution is 2.11. The largest absolute Gasteiger partial charge is 0.337 e. The van der Waals surface area contributed by atoms with Crippen LogP contribution in [0.3, 0.4) is 0 Å². The summed E-state index contributed by atoms with van der Waals surface area (Å²) >= 11 is 0. The van der Waals surface area contributed by atoms with Crippen LogP contribution in [-0.2, 0) is 9.84 Å². The van der Waals surface area contributed by atoms with Crippen molar-refractivity contribution in [3.8, 4) is 0 Å². The minimum atomic E-state index is -3.43. The predicted octanol–water partition coefficient (Wildman–Crippen LogP) is 2.48. The zero-order valence-electron chi connectivity index (χ0n) is 13.2. The van der Waals surface area contributed by atoms with Crippen LogP contribution in [0.4, 0.5) is 10.5 Å². The Bertz CT molecular complexity index is 833. The molecule has 0 aliphatic rings. The van der Waals surface area contributed by atoms with Crippen LogP contribution in [0.15, 0.2) is 59.5 Å². The van der Waals surface area contributed by atoms with E-state index in [0.717, 1.165) is 0 Å². The quantitative estimate of drug-likeness (QED) is 0.786. The molecule has 0 saturated carbocycles. The summed E-state index contributed by atoms with van der Waals surface area (Å²) in [6.07, 6.45) is 0. The van der Waals surface area contributed by atoms with Gasteiger partial charge in [-0.15, -0.1) is 0 Å². The number of amides is 2. The fourth-order valence-electron chi connectivity index (χ4n) is 2.04. The highest BCUT2D eigenvalue weighted by atomic mass is 32.2. The second-order valence-electron chi connectivity index (χ2n) is 5.15. The third-order valence-electron chi connectivity index (χ3n) is 3.29. The van der Waals surface area contributed by atoms with Gasteiger partial charge in [0, 0.05) is 17.8 Å². The van der Waals surface area contributed by atoms with Crippen LogP contribution >= 0.6 is 0 Å². The number of sulfone groups is 1. The molecule has 0 fully saturated rings. The molecule has 0 aliphatic carbocycles. The molecular weight excluding hydrogens is 328 g/mol. The molecule has 0 aromatic heterocycles. The first-order valence-corrected chi connectivity index (χ1v) is 8.97. The van der Waals surface area contributed by atoms with Gasteiger partial charge >= 0.3 is 6.03 Å². The minimum absolute atomic E-state index is 0.0184. The van der Waals surface area contributed by atoms with E-state index in [2.05, 4.69) is 10.6 Å². The molecule has 2 N–H and O–H groups in total. The van der Waals surface area contributed by atoms with E-state index < -0.39 is 15.9 Å². The van der Waals surface area contributed by atoms with Gasteiger partial charge in [0.15, 0.2) is 15.6 Å². The highest BCUT2D eigenvalue weighted by Gasteiger charge is 2.14. The van der Waals surface area contributed by atoms with E-state index in [-0.39, 0.29) is 23.0 Å². The summed E-state index contributed by atoms with van der Waals surface area (Å²) in [7, 11) is -3.43. The first-order chi connectivity index (χ1) is 11.4. The van der Waals surface area contributed by atoms with E-state index in [9.17, 15) is 18.0 Å². The monoisotopic (exact) mass is 346 g/mol. The van der Waals surface area contributed by atoms with Crippen LogP contribution in [0.5, 0.6) is 0 Å². The van der Waals surface area contributed by atoms with Crippen LogP contribution in [0.25, 0.3) is 0 Å². The van der Waals surface area contributed by atoms with Crippen molar-refractivity contribution in [3.05, 3.63) is 60.2 Å². The SMILES string of the molecule is CC(=O)c1cccc(NC(=O)NCCS(=O)(=O)c2ccccc2)c1. The van der Waals surface area contributed by atoms with Crippen molar-refractivity contribution in [1.29, 1.82) is 0 Å². The van der Waals surface area contributed by atoms with Crippen LogP contribution in [0.2, 0.25) is 0 Å². The zero-order chi connectivity index (χ0) is 17.6. The lowest BCUT2D eigenvalue weighted by Gasteiger charge is -2.09. The lowest BCUT2D eigenvalue weighted by atomic mass is 10.1. The minimum Gasteiger partial charge on any atom is -0.337 e. The number of hydrogen-bond donors (Lipinski definition) is 2. The Morgan fingerprint density at radius 3 is 2.38 bits per heavy atom. The van der Waals surface area contributed by atoms with Crippen molar-refractivity contribution >= 4 is 27.3 Å². The Balaban J connectivity index is 1.88. The second kappa shape index (κ2) is 7.74. The Kier molecular flexibility index (Phi) is 5.70. The molecule has 24 heavy (non-hydrogen) atoms. The Morgan fingerprint density at radius 2 is 1.71 bits per heavy atom. The maximum absolute atomic E-state index is 12.1. The number of carbonyl (C=O) groups excluding carboxylic acids is 2. The molecule has 0 heterocycles. The molecule has 2 aromatic rings. The molecule has 0 saturated heterocycles. The molecule has 2 rings (SSSR count). The van der Waals surface area contributed by atoms with Gasteiger partial charge < -0.3 is 10.6 Å². The number of urea groups is 1. The molecule has 6 nitrogen and oxygen atoms in total. The van der Waals surface area contributed by atoms with Gasteiger partial charge in [-0.2, -0.15) is 0 Å². The summed E-state index contributed by atoms with van der Waals surface area (Å²) in [5.74, 6) is -0.300. The van der Waals surface area contributed by atoms with Crippen molar-refractivity contribution in [2.75, 3.05) is 17.6 Å². The molecule has 2 amide bonds. The average molecular weight is 346 g/mol. The lowest BCUT2D eigenvalue weighted by Crippen LogP contribution is -2.32.